The molecule has 88 valence electrons. The minimum atomic E-state index is 0.286. The highest BCUT2D eigenvalue weighted by Crippen LogP contribution is 2.21. The van der Waals surface area contributed by atoms with Crippen molar-refractivity contribution in [2.45, 2.75) is 13.0 Å². The van der Waals surface area contributed by atoms with Crippen molar-refractivity contribution in [3.63, 3.8) is 0 Å². The first kappa shape index (κ1) is 11.6. The summed E-state index contributed by atoms with van der Waals surface area (Å²) in [5.74, 6) is 1.29. The lowest BCUT2D eigenvalue weighted by Gasteiger charge is -2.18. The fourth-order valence-corrected chi connectivity index (χ4v) is 1.84. The van der Waals surface area contributed by atoms with Crippen molar-refractivity contribution >= 4 is 6.21 Å². The van der Waals surface area contributed by atoms with Gasteiger partial charge in [-0.2, -0.15) is 0 Å². The molecule has 1 aliphatic carbocycles. The molecule has 0 N–H and O–H groups in total. The number of hydrogen-bond acceptors (Lipinski definition) is 2. The molecule has 0 bridgehead atoms. The van der Waals surface area contributed by atoms with Crippen LogP contribution in [0.2, 0.25) is 0 Å². The van der Waals surface area contributed by atoms with E-state index < -0.39 is 0 Å². The first-order valence-corrected chi connectivity index (χ1v) is 5.86. The van der Waals surface area contributed by atoms with Crippen LogP contribution in [0.5, 0.6) is 0 Å². The Bertz CT molecular complexity index is 431. The minimum Gasteiger partial charge on any atom is -0.493 e. The summed E-state index contributed by atoms with van der Waals surface area (Å²) in [6.07, 6.45) is 9.12. The van der Waals surface area contributed by atoms with Gasteiger partial charge in [-0.05, 0) is 18.1 Å². The first-order valence-electron chi connectivity index (χ1n) is 5.86. The summed E-state index contributed by atoms with van der Waals surface area (Å²) in [5.41, 5.74) is 1.19. The van der Waals surface area contributed by atoms with Gasteiger partial charge >= 0.3 is 0 Å². The highest BCUT2D eigenvalue weighted by atomic mass is 16.5. The molecule has 0 spiro atoms. The van der Waals surface area contributed by atoms with Crippen molar-refractivity contribution in [1.29, 1.82) is 0 Å². The number of hydrogen-bond donors (Lipinski definition) is 0. The van der Waals surface area contributed by atoms with E-state index in [0.717, 1.165) is 12.2 Å². The predicted octanol–water partition coefficient (Wildman–Crippen LogP) is 3.36. The summed E-state index contributed by atoms with van der Waals surface area (Å²) >= 11 is 0. The summed E-state index contributed by atoms with van der Waals surface area (Å²) in [6.45, 7) is 0.620. The third kappa shape index (κ3) is 3.31. The molecule has 0 aliphatic heterocycles. The van der Waals surface area contributed by atoms with Crippen LogP contribution in [0, 0.1) is 5.92 Å². The summed E-state index contributed by atoms with van der Waals surface area (Å²) in [6, 6.07) is 10.2. The Balaban J connectivity index is 1.97. The molecule has 2 rings (SSSR count). The molecule has 1 aromatic carbocycles. The lowest BCUT2D eigenvalue weighted by molar-refractivity contribution is 0.178. The van der Waals surface area contributed by atoms with Gasteiger partial charge in [0.15, 0.2) is 0 Å². The summed E-state index contributed by atoms with van der Waals surface area (Å²) < 4.78 is 5.85. The molecule has 1 aliphatic rings. The quantitative estimate of drug-likeness (QED) is 0.723. The second-order valence-electron chi connectivity index (χ2n) is 4.02. The molecule has 0 heterocycles. The van der Waals surface area contributed by atoms with E-state index in [1.807, 2.05) is 36.6 Å². The largest absolute Gasteiger partial charge is 0.493 e. The number of ether oxygens (including phenoxy) is 1. The van der Waals surface area contributed by atoms with Crippen LogP contribution in [0.4, 0.5) is 0 Å². The van der Waals surface area contributed by atoms with Crippen LogP contribution >= 0.6 is 0 Å². The van der Waals surface area contributed by atoms with Crippen molar-refractivity contribution in [3.8, 4) is 0 Å². The van der Waals surface area contributed by atoms with Gasteiger partial charge in [0.1, 0.15) is 12.4 Å². The number of allylic oxidation sites excluding steroid dienone is 4. The Hall–Kier alpha value is -1.83. The third-order valence-electron chi connectivity index (χ3n) is 2.73. The van der Waals surface area contributed by atoms with Gasteiger partial charge in [0.2, 0.25) is 0 Å². The number of benzene rings is 1. The maximum absolute atomic E-state index is 5.85. The monoisotopic (exact) mass is 227 g/mol. The van der Waals surface area contributed by atoms with E-state index in [9.17, 15) is 0 Å². The van der Waals surface area contributed by atoms with Crippen molar-refractivity contribution in [1.82, 2.24) is 0 Å². The lowest BCUT2D eigenvalue weighted by atomic mass is 10.00. The Morgan fingerprint density at radius 1 is 1.35 bits per heavy atom. The average Bonchev–Trinajstić information content (AvgIpc) is 2.39. The van der Waals surface area contributed by atoms with E-state index in [0.29, 0.717) is 6.61 Å². The van der Waals surface area contributed by atoms with Crippen LogP contribution < -0.4 is 0 Å². The lowest BCUT2D eigenvalue weighted by Crippen LogP contribution is -2.10. The highest BCUT2D eigenvalue weighted by Gasteiger charge is 2.14. The van der Waals surface area contributed by atoms with E-state index >= 15 is 0 Å². The smallest absolute Gasteiger partial charge is 0.113 e. The summed E-state index contributed by atoms with van der Waals surface area (Å²) in [4.78, 5) is 4.08. The number of nitrogens with zero attached hydrogens (tertiary/aromatic N) is 1. The Morgan fingerprint density at radius 3 is 2.94 bits per heavy atom. The molecule has 0 saturated carbocycles. The highest BCUT2D eigenvalue weighted by molar-refractivity contribution is 5.65. The third-order valence-corrected chi connectivity index (χ3v) is 2.73. The molecular formula is C15H17NO. The van der Waals surface area contributed by atoms with Crippen LogP contribution in [0.1, 0.15) is 12.0 Å². The topological polar surface area (TPSA) is 21.6 Å². The number of rotatable bonds is 4. The standard InChI is InChI=1S/C15H17NO/c1-16-11-14-9-5-6-10-15(14)17-12-13-7-3-2-4-8-13/h2-8,10-11,14H,9,12H2,1H3/b16-11+. The van der Waals surface area contributed by atoms with Crippen LogP contribution in [0.25, 0.3) is 0 Å². The van der Waals surface area contributed by atoms with Crippen molar-refractivity contribution < 1.29 is 4.74 Å². The second kappa shape index (κ2) is 6.04. The van der Waals surface area contributed by atoms with E-state index in [1.54, 1.807) is 7.05 Å². The average molecular weight is 227 g/mol. The van der Waals surface area contributed by atoms with Crippen molar-refractivity contribution in [2.75, 3.05) is 7.05 Å². The predicted molar refractivity (Wildman–Crippen MR) is 71.0 cm³/mol. The van der Waals surface area contributed by atoms with Gasteiger partial charge in [-0.1, -0.05) is 42.5 Å². The zero-order valence-corrected chi connectivity index (χ0v) is 10.0. The maximum Gasteiger partial charge on any atom is 0.113 e. The van der Waals surface area contributed by atoms with Gasteiger partial charge in [0.25, 0.3) is 0 Å². The van der Waals surface area contributed by atoms with Gasteiger partial charge in [-0.25, -0.2) is 0 Å². The Labute approximate surface area is 102 Å². The molecule has 1 atom stereocenters. The molecule has 1 aromatic rings. The van der Waals surface area contributed by atoms with Gasteiger partial charge in [-0.15, -0.1) is 0 Å². The van der Waals surface area contributed by atoms with Crippen LogP contribution in [0.3, 0.4) is 0 Å². The van der Waals surface area contributed by atoms with E-state index in [2.05, 4.69) is 23.2 Å². The first-order chi connectivity index (χ1) is 8.40. The van der Waals surface area contributed by atoms with E-state index in [4.69, 9.17) is 4.74 Å². The summed E-state index contributed by atoms with van der Waals surface area (Å²) in [7, 11) is 1.80. The normalized spacial score (nSPS) is 19.4. The van der Waals surface area contributed by atoms with Gasteiger partial charge in [0.05, 0.1) is 5.92 Å². The zero-order valence-electron chi connectivity index (χ0n) is 10.0. The Kier molecular flexibility index (Phi) is 4.14. The molecule has 0 aromatic heterocycles. The van der Waals surface area contributed by atoms with Gasteiger partial charge < -0.3 is 9.73 Å². The molecule has 2 heteroatoms. The summed E-state index contributed by atoms with van der Waals surface area (Å²) in [5, 5.41) is 0. The second-order valence-corrected chi connectivity index (χ2v) is 4.02. The van der Waals surface area contributed by atoms with E-state index in [1.165, 1.54) is 5.56 Å². The van der Waals surface area contributed by atoms with Gasteiger partial charge in [-0.3, -0.25) is 0 Å². The molecule has 1 unspecified atom stereocenters. The maximum atomic E-state index is 5.85. The van der Waals surface area contributed by atoms with Crippen LogP contribution in [-0.4, -0.2) is 13.3 Å². The molecule has 2 nitrogen and oxygen atoms in total. The Morgan fingerprint density at radius 2 is 2.18 bits per heavy atom. The molecule has 0 saturated heterocycles. The fourth-order valence-electron chi connectivity index (χ4n) is 1.84. The fraction of sp³-hybridized carbons (Fsp3) is 0.267. The molecule has 17 heavy (non-hydrogen) atoms. The molecule has 0 fully saturated rings. The molecule has 0 amide bonds. The van der Waals surface area contributed by atoms with Gasteiger partial charge in [0, 0.05) is 13.3 Å². The van der Waals surface area contributed by atoms with Crippen LogP contribution in [-0.2, 0) is 11.3 Å². The van der Waals surface area contributed by atoms with Crippen molar-refractivity contribution in [2.24, 2.45) is 10.9 Å². The minimum absolute atomic E-state index is 0.286. The number of aliphatic imine (C=N–C) groups is 1. The van der Waals surface area contributed by atoms with Crippen LogP contribution in [0.15, 0.2) is 59.3 Å². The molecular weight excluding hydrogens is 210 g/mol. The van der Waals surface area contributed by atoms with E-state index in [-0.39, 0.29) is 5.92 Å². The van der Waals surface area contributed by atoms with Crippen molar-refractivity contribution in [3.05, 3.63) is 59.9 Å². The molecule has 0 radical (unpaired) electrons. The SMILES string of the molecule is C/N=C/C1CC=CC=C1OCc1ccccc1. The zero-order chi connectivity index (χ0) is 11.9.